The van der Waals surface area contributed by atoms with Crippen LogP contribution >= 0.6 is 59.4 Å². The number of piperazine rings is 1. The fourth-order valence-electron chi connectivity index (χ4n) is 2.45. The summed E-state index contributed by atoms with van der Waals surface area (Å²) >= 11 is 13.5. The molecule has 9 heteroatoms. The predicted molar refractivity (Wildman–Crippen MR) is 105 cm³/mol. The van der Waals surface area contributed by atoms with Gasteiger partial charge >= 0.3 is 0 Å². The molecule has 0 spiro atoms. The van der Waals surface area contributed by atoms with Crippen molar-refractivity contribution in [2.24, 2.45) is 0 Å². The van der Waals surface area contributed by atoms with E-state index < -0.39 is 0 Å². The van der Waals surface area contributed by atoms with Gasteiger partial charge in [-0.15, -0.1) is 36.2 Å². The van der Waals surface area contributed by atoms with Gasteiger partial charge in [-0.05, 0) is 25.1 Å². The van der Waals surface area contributed by atoms with E-state index in [1.807, 2.05) is 17.9 Å². The lowest BCUT2D eigenvalue weighted by molar-refractivity contribution is 0.0650. The molecule has 1 aliphatic rings. The van der Waals surface area contributed by atoms with Gasteiger partial charge in [-0.25, -0.2) is 4.98 Å². The number of aromatic nitrogens is 1. The highest BCUT2D eigenvalue weighted by atomic mass is 35.5. The van der Waals surface area contributed by atoms with Crippen LogP contribution in [0, 0.1) is 0 Å². The lowest BCUT2D eigenvalue weighted by Crippen LogP contribution is -2.52. The van der Waals surface area contributed by atoms with Crippen molar-refractivity contribution in [2.45, 2.75) is 13.0 Å². The summed E-state index contributed by atoms with van der Waals surface area (Å²) in [5.74, 6) is -0.0263. The SMILES string of the molecule is CC1CNCCN1C(=O)c1csc(-c2ccc(Cl)cc2Cl)n1.Cl.Cl. The standard InChI is InChI=1S/C15H15Cl2N3OS.2ClH/c1-9-7-18-4-5-20(9)15(21)13-8-22-14(19-13)11-3-2-10(16)6-12(11)17;;/h2-3,6,8-9,18H,4-5,7H2,1H3;2*1H. The first-order chi connectivity index (χ1) is 10.6. The molecule has 1 aliphatic heterocycles. The van der Waals surface area contributed by atoms with Crippen LogP contribution < -0.4 is 5.32 Å². The monoisotopic (exact) mass is 427 g/mol. The Hall–Kier alpha value is -0.560. The Bertz CT molecular complexity index is 710. The van der Waals surface area contributed by atoms with E-state index in [2.05, 4.69) is 10.3 Å². The zero-order valence-electron chi connectivity index (χ0n) is 12.8. The van der Waals surface area contributed by atoms with E-state index in [0.29, 0.717) is 22.3 Å². The van der Waals surface area contributed by atoms with Gasteiger partial charge in [-0.2, -0.15) is 0 Å². The minimum atomic E-state index is -0.0263. The van der Waals surface area contributed by atoms with Gasteiger partial charge in [0.25, 0.3) is 5.91 Å². The number of thiazole rings is 1. The highest BCUT2D eigenvalue weighted by Gasteiger charge is 2.26. The molecule has 1 unspecified atom stereocenters. The lowest BCUT2D eigenvalue weighted by Gasteiger charge is -2.33. The number of carbonyl (C=O) groups excluding carboxylic acids is 1. The van der Waals surface area contributed by atoms with E-state index in [1.54, 1.807) is 17.5 Å². The Morgan fingerprint density at radius 1 is 1.38 bits per heavy atom. The van der Waals surface area contributed by atoms with Crippen molar-refractivity contribution in [3.63, 3.8) is 0 Å². The Morgan fingerprint density at radius 2 is 2.12 bits per heavy atom. The molecule has 0 bridgehead atoms. The molecular weight excluding hydrogens is 412 g/mol. The molecule has 1 saturated heterocycles. The van der Waals surface area contributed by atoms with Crippen LogP contribution in [0.1, 0.15) is 17.4 Å². The van der Waals surface area contributed by atoms with Gasteiger partial charge in [0.2, 0.25) is 0 Å². The third-order valence-electron chi connectivity index (χ3n) is 3.65. The molecule has 1 aromatic heterocycles. The van der Waals surface area contributed by atoms with Crippen molar-refractivity contribution in [1.29, 1.82) is 0 Å². The van der Waals surface area contributed by atoms with E-state index >= 15 is 0 Å². The molecule has 0 aliphatic carbocycles. The molecule has 2 aromatic rings. The molecular formula is C15H17Cl4N3OS. The van der Waals surface area contributed by atoms with E-state index in [0.717, 1.165) is 23.7 Å². The number of benzene rings is 1. The summed E-state index contributed by atoms with van der Waals surface area (Å²) in [4.78, 5) is 18.9. The topological polar surface area (TPSA) is 45.2 Å². The average Bonchev–Trinajstić information content (AvgIpc) is 2.96. The van der Waals surface area contributed by atoms with Crippen LogP contribution in [0.25, 0.3) is 10.6 Å². The van der Waals surface area contributed by atoms with E-state index in [-0.39, 0.29) is 36.8 Å². The zero-order chi connectivity index (χ0) is 15.7. The zero-order valence-corrected chi connectivity index (χ0v) is 16.8. The first kappa shape index (κ1) is 21.5. The minimum absolute atomic E-state index is 0. The van der Waals surface area contributed by atoms with Crippen molar-refractivity contribution in [1.82, 2.24) is 15.2 Å². The summed E-state index contributed by atoms with van der Waals surface area (Å²) in [5.41, 5.74) is 1.27. The first-order valence-corrected chi connectivity index (χ1v) is 8.62. The maximum absolute atomic E-state index is 12.6. The van der Waals surface area contributed by atoms with Gasteiger partial charge < -0.3 is 10.2 Å². The van der Waals surface area contributed by atoms with Crippen LogP contribution in [-0.4, -0.2) is 41.5 Å². The summed E-state index contributed by atoms with van der Waals surface area (Å²) < 4.78 is 0. The average molecular weight is 429 g/mol. The molecule has 1 aromatic carbocycles. The number of hydrogen-bond acceptors (Lipinski definition) is 4. The second kappa shape index (κ2) is 9.22. The number of halogens is 4. The Balaban J connectivity index is 0.00000144. The minimum Gasteiger partial charge on any atom is -0.332 e. The van der Waals surface area contributed by atoms with Crippen LogP contribution in [0.2, 0.25) is 10.0 Å². The molecule has 132 valence electrons. The van der Waals surface area contributed by atoms with E-state index in [1.165, 1.54) is 11.3 Å². The second-order valence-corrected chi connectivity index (χ2v) is 6.92. The molecule has 4 nitrogen and oxygen atoms in total. The van der Waals surface area contributed by atoms with Crippen LogP contribution in [0.15, 0.2) is 23.6 Å². The van der Waals surface area contributed by atoms with Crippen LogP contribution in [0.3, 0.4) is 0 Å². The van der Waals surface area contributed by atoms with Crippen molar-refractivity contribution in [2.75, 3.05) is 19.6 Å². The quantitative estimate of drug-likeness (QED) is 0.771. The van der Waals surface area contributed by atoms with Crippen molar-refractivity contribution < 1.29 is 4.79 Å². The summed E-state index contributed by atoms with van der Waals surface area (Å²) in [7, 11) is 0. The van der Waals surface area contributed by atoms with Crippen molar-refractivity contribution >= 4 is 65.3 Å². The van der Waals surface area contributed by atoms with Gasteiger partial charge in [-0.1, -0.05) is 23.2 Å². The third-order valence-corrected chi connectivity index (χ3v) is 5.07. The summed E-state index contributed by atoms with van der Waals surface area (Å²) in [6.45, 7) is 4.36. The van der Waals surface area contributed by atoms with E-state index in [9.17, 15) is 4.79 Å². The summed E-state index contributed by atoms with van der Waals surface area (Å²) in [6, 6.07) is 5.44. The van der Waals surface area contributed by atoms with Gasteiger partial charge in [0.15, 0.2) is 0 Å². The first-order valence-electron chi connectivity index (χ1n) is 6.99. The summed E-state index contributed by atoms with van der Waals surface area (Å²) in [5, 5.41) is 6.91. The summed E-state index contributed by atoms with van der Waals surface area (Å²) in [6.07, 6.45) is 0. The Labute approximate surface area is 167 Å². The normalized spacial score (nSPS) is 17.0. The highest BCUT2D eigenvalue weighted by Crippen LogP contribution is 2.32. The van der Waals surface area contributed by atoms with Crippen molar-refractivity contribution in [3.8, 4) is 10.6 Å². The number of rotatable bonds is 2. The van der Waals surface area contributed by atoms with Gasteiger partial charge in [0.1, 0.15) is 10.7 Å². The molecule has 24 heavy (non-hydrogen) atoms. The molecule has 1 atom stereocenters. The number of carbonyl (C=O) groups is 1. The third kappa shape index (κ3) is 4.54. The van der Waals surface area contributed by atoms with Gasteiger partial charge in [0, 0.05) is 41.6 Å². The molecule has 2 heterocycles. The second-order valence-electron chi connectivity index (χ2n) is 5.21. The highest BCUT2D eigenvalue weighted by molar-refractivity contribution is 7.13. The predicted octanol–water partition coefficient (Wildman–Crippen LogP) is 4.39. The Morgan fingerprint density at radius 3 is 2.79 bits per heavy atom. The maximum Gasteiger partial charge on any atom is 0.273 e. The number of nitrogens with zero attached hydrogens (tertiary/aromatic N) is 2. The number of amides is 1. The number of hydrogen-bond donors (Lipinski definition) is 1. The number of nitrogens with one attached hydrogen (secondary N) is 1. The molecule has 3 rings (SSSR count). The van der Waals surface area contributed by atoms with Crippen LogP contribution in [0.4, 0.5) is 0 Å². The largest absolute Gasteiger partial charge is 0.332 e. The lowest BCUT2D eigenvalue weighted by atomic mass is 10.2. The molecule has 1 amide bonds. The fourth-order valence-corrected chi connectivity index (χ4v) is 3.84. The van der Waals surface area contributed by atoms with Crippen LogP contribution in [-0.2, 0) is 0 Å². The smallest absolute Gasteiger partial charge is 0.273 e. The molecule has 1 fully saturated rings. The van der Waals surface area contributed by atoms with Crippen LogP contribution in [0.5, 0.6) is 0 Å². The Kier molecular flexibility index (Phi) is 8.26. The van der Waals surface area contributed by atoms with Gasteiger partial charge in [0.05, 0.1) is 5.02 Å². The van der Waals surface area contributed by atoms with Gasteiger partial charge in [-0.3, -0.25) is 4.79 Å². The van der Waals surface area contributed by atoms with Crippen molar-refractivity contribution in [3.05, 3.63) is 39.3 Å². The molecule has 0 saturated carbocycles. The molecule has 1 N–H and O–H groups in total. The molecule has 0 radical (unpaired) electrons. The maximum atomic E-state index is 12.6. The van der Waals surface area contributed by atoms with E-state index in [4.69, 9.17) is 23.2 Å². The fraction of sp³-hybridized carbons (Fsp3) is 0.333.